The number of thioether (sulfide) groups is 1. The third-order valence-corrected chi connectivity index (χ3v) is 3.78. The minimum absolute atomic E-state index is 0.0421. The summed E-state index contributed by atoms with van der Waals surface area (Å²) in [4.78, 5) is 15.3. The molecule has 4 nitrogen and oxygen atoms in total. The highest BCUT2D eigenvalue weighted by molar-refractivity contribution is 7.99. The highest BCUT2D eigenvalue weighted by atomic mass is 32.2. The molecule has 0 aliphatic heterocycles. The minimum Gasteiger partial charge on any atom is -0.481 e. The molecule has 1 aromatic heterocycles. The Morgan fingerprint density at radius 1 is 1.47 bits per heavy atom. The first-order chi connectivity index (χ1) is 8.99. The number of aryl methyl sites for hydroxylation is 1. The summed E-state index contributed by atoms with van der Waals surface area (Å²) in [6.07, 6.45) is 0. The van der Waals surface area contributed by atoms with E-state index in [0.717, 1.165) is 28.3 Å². The largest absolute Gasteiger partial charge is 0.481 e. The fourth-order valence-electron chi connectivity index (χ4n) is 2.04. The molecule has 0 amide bonds. The maximum absolute atomic E-state index is 10.7. The molecule has 0 spiro atoms. The number of imidazole rings is 1. The van der Waals surface area contributed by atoms with Crippen molar-refractivity contribution in [2.75, 3.05) is 5.75 Å². The van der Waals surface area contributed by atoms with Gasteiger partial charge in [-0.15, -0.1) is 0 Å². The Bertz CT molecular complexity index is 605. The molecule has 0 saturated heterocycles. The number of rotatable bonds is 5. The number of carboxylic acids is 1. The molecule has 5 heteroatoms. The molecule has 102 valence electrons. The van der Waals surface area contributed by atoms with Gasteiger partial charge in [0.15, 0.2) is 5.16 Å². The molecule has 0 bridgehead atoms. The first-order valence-corrected chi connectivity index (χ1v) is 7.28. The molecular weight excluding hydrogens is 260 g/mol. The van der Waals surface area contributed by atoms with Crippen LogP contribution in [0, 0.1) is 12.8 Å². The quantitative estimate of drug-likeness (QED) is 0.853. The van der Waals surface area contributed by atoms with Crippen LogP contribution < -0.4 is 0 Å². The van der Waals surface area contributed by atoms with Crippen molar-refractivity contribution in [1.82, 2.24) is 9.55 Å². The van der Waals surface area contributed by atoms with Gasteiger partial charge in [0.1, 0.15) is 0 Å². The summed E-state index contributed by atoms with van der Waals surface area (Å²) in [7, 11) is 0. The van der Waals surface area contributed by atoms with Crippen molar-refractivity contribution in [1.29, 1.82) is 0 Å². The fraction of sp³-hybridized carbons (Fsp3) is 0.429. The summed E-state index contributed by atoms with van der Waals surface area (Å²) >= 11 is 1.28. The number of para-hydroxylation sites is 1. The van der Waals surface area contributed by atoms with Crippen molar-refractivity contribution in [3.8, 4) is 0 Å². The Morgan fingerprint density at radius 2 is 2.21 bits per heavy atom. The predicted octanol–water partition coefficient (Wildman–Crippen LogP) is 3.18. The van der Waals surface area contributed by atoms with E-state index in [1.807, 2.05) is 25.1 Å². The summed E-state index contributed by atoms with van der Waals surface area (Å²) in [5, 5.41) is 9.61. The number of hydrogen-bond donors (Lipinski definition) is 1. The molecule has 2 rings (SSSR count). The first kappa shape index (κ1) is 13.9. The number of carbonyl (C=O) groups is 1. The number of benzene rings is 1. The molecular formula is C14H18N2O2S. The predicted molar refractivity (Wildman–Crippen MR) is 77.7 cm³/mol. The van der Waals surface area contributed by atoms with Crippen LogP contribution in [0.15, 0.2) is 23.4 Å². The average Bonchev–Trinajstić information content (AvgIpc) is 2.66. The summed E-state index contributed by atoms with van der Waals surface area (Å²) in [5.41, 5.74) is 3.18. The van der Waals surface area contributed by atoms with Crippen molar-refractivity contribution in [2.45, 2.75) is 32.5 Å². The third kappa shape index (κ3) is 3.10. The Labute approximate surface area is 116 Å². The van der Waals surface area contributed by atoms with Gasteiger partial charge in [-0.1, -0.05) is 37.7 Å². The van der Waals surface area contributed by atoms with Crippen LogP contribution >= 0.6 is 11.8 Å². The Balaban J connectivity index is 2.47. The Kier molecular flexibility index (Phi) is 4.14. The molecule has 2 aromatic rings. The average molecular weight is 278 g/mol. The van der Waals surface area contributed by atoms with Gasteiger partial charge in [0.2, 0.25) is 0 Å². The lowest BCUT2D eigenvalue weighted by atomic mass is 10.2. The van der Waals surface area contributed by atoms with Crippen LogP contribution in [0.5, 0.6) is 0 Å². The van der Waals surface area contributed by atoms with Crippen LogP contribution in [0.4, 0.5) is 0 Å². The second kappa shape index (κ2) is 5.65. The lowest BCUT2D eigenvalue weighted by molar-refractivity contribution is -0.133. The molecule has 0 fully saturated rings. The smallest absolute Gasteiger partial charge is 0.313 e. The van der Waals surface area contributed by atoms with Gasteiger partial charge >= 0.3 is 5.97 Å². The number of aliphatic carboxylic acids is 1. The van der Waals surface area contributed by atoms with Crippen molar-refractivity contribution >= 4 is 28.8 Å². The van der Waals surface area contributed by atoms with Crippen LogP contribution in [-0.4, -0.2) is 26.4 Å². The van der Waals surface area contributed by atoms with E-state index < -0.39 is 5.97 Å². The van der Waals surface area contributed by atoms with Gasteiger partial charge in [-0.2, -0.15) is 0 Å². The Hall–Kier alpha value is -1.49. The van der Waals surface area contributed by atoms with Gasteiger partial charge in [-0.05, 0) is 24.5 Å². The maximum Gasteiger partial charge on any atom is 0.313 e. The molecule has 0 aliphatic carbocycles. The number of hydrogen-bond acceptors (Lipinski definition) is 3. The standard InChI is InChI=1S/C14H18N2O2S/c1-9(2)7-16-11-6-4-5-10(3)13(11)15-14(16)19-8-12(17)18/h4-6,9H,7-8H2,1-3H3,(H,17,18). The molecule has 0 atom stereocenters. The Morgan fingerprint density at radius 3 is 2.84 bits per heavy atom. The van der Waals surface area contributed by atoms with Crippen LogP contribution in [0.1, 0.15) is 19.4 Å². The highest BCUT2D eigenvalue weighted by Gasteiger charge is 2.14. The highest BCUT2D eigenvalue weighted by Crippen LogP contribution is 2.26. The van der Waals surface area contributed by atoms with Crippen LogP contribution in [-0.2, 0) is 11.3 Å². The lowest BCUT2D eigenvalue weighted by Crippen LogP contribution is -2.07. The van der Waals surface area contributed by atoms with Crippen LogP contribution in [0.25, 0.3) is 11.0 Å². The van der Waals surface area contributed by atoms with Crippen molar-refractivity contribution in [2.24, 2.45) is 5.92 Å². The normalized spacial score (nSPS) is 11.4. The van der Waals surface area contributed by atoms with Crippen LogP contribution in [0.3, 0.4) is 0 Å². The topological polar surface area (TPSA) is 55.1 Å². The molecule has 0 unspecified atom stereocenters. The van der Waals surface area contributed by atoms with E-state index >= 15 is 0 Å². The first-order valence-electron chi connectivity index (χ1n) is 6.29. The molecule has 0 aliphatic rings. The van der Waals surface area contributed by atoms with E-state index in [0.29, 0.717) is 5.92 Å². The zero-order valence-electron chi connectivity index (χ0n) is 11.4. The second-order valence-corrected chi connectivity index (χ2v) is 5.97. The van der Waals surface area contributed by atoms with Gasteiger partial charge < -0.3 is 9.67 Å². The van der Waals surface area contributed by atoms with E-state index in [9.17, 15) is 4.79 Å². The number of fused-ring (bicyclic) bond motifs is 1. The van der Waals surface area contributed by atoms with E-state index in [2.05, 4.69) is 23.4 Å². The molecule has 0 radical (unpaired) electrons. The van der Waals surface area contributed by atoms with E-state index in [-0.39, 0.29) is 5.75 Å². The fourth-order valence-corrected chi connectivity index (χ4v) is 2.78. The van der Waals surface area contributed by atoms with E-state index in [1.54, 1.807) is 0 Å². The van der Waals surface area contributed by atoms with Crippen molar-refractivity contribution in [3.05, 3.63) is 23.8 Å². The molecule has 1 aromatic carbocycles. The zero-order chi connectivity index (χ0) is 14.0. The molecule has 1 heterocycles. The summed E-state index contributed by atoms with van der Waals surface area (Å²) < 4.78 is 2.13. The summed E-state index contributed by atoms with van der Waals surface area (Å²) in [6.45, 7) is 7.17. The van der Waals surface area contributed by atoms with Crippen molar-refractivity contribution < 1.29 is 9.90 Å². The molecule has 19 heavy (non-hydrogen) atoms. The summed E-state index contributed by atoms with van der Waals surface area (Å²) in [6, 6.07) is 6.09. The van der Waals surface area contributed by atoms with Crippen LogP contribution in [0.2, 0.25) is 0 Å². The summed E-state index contributed by atoms with van der Waals surface area (Å²) in [5.74, 6) is -0.285. The van der Waals surface area contributed by atoms with Gasteiger partial charge in [-0.25, -0.2) is 4.98 Å². The number of carboxylic acid groups (broad SMARTS) is 1. The third-order valence-electron chi connectivity index (χ3n) is 2.82. The number of aromatic nitrogens is 2. The van der Waals surface area contributed by atoms with E-state index in [4.69, 9.17) is 5.11 Å². The minimum atomic E-state index is -0.815. The monoisotopic (exact) mass is 278 g/mol. The zero-order valence-corrected chi connectivity index (χ0v) is 12.2. The van der Waals surface area contributed by atoms with Crippen molar-refractivity contribution in [3.63, 3.8) is 0 Å². The van der Waals surface area contributed by atoms with Gasteiger partial charge in [0, 0.05) is 6.54 Å². The maximum atomic E-state index is 10.7. The number of nitrogens with zero attached hydrogens (tertiary/aromatic N) is 2. The second-order valence-electron chi connectivity index (χ2n) is 5.02. The SMILES string of the molecule is Cc1cccc2c1nc(SCC(=O)O)n2CC(C)C. The van der Waals surface area contributed by atoms with E-state index in [1.165, 1.54) is 11.8 Å². The molecule has 1 N–H and O–H groups in total. The van der Waals surface area contributed by atoms with Gasteiger partial charge in [0.05, 0.1) is 16.8 Å². The van der Waals surface area contributed by atoms with Gasteiger partial charge in [-0.3, -0.25) is 4.79 Å². The molecule has 0 saturated carbocycles. The lowest BCUT2D eigenvalue weighted by Gasteiger charge is -2.10. The van der Waals surface area contributed by atoms with Gasteiger partial charge in [0.25, 0.3) is 0 Å².